The van der Waals surface area contributed by atoms with Gasteiger partial charge in [-0.2, -0.15) is 13.2 Å². The van der Waals surface area contributed by atoms with Crippen molar-refractivity contribution in [1.29, 1.82) is 0 Å². The molecule has 156 valence electrons. The van der Waals surface area contributed by atoms with Crippen LogP contribution in [0.25, 0.3) is 16.3 Å². The molecular weight excluding hydrogens is 389 g/mol. The molecule has 0 aliphatic carbocycles. The average Bonchev–Trinajstić information content (AvgIpc) is 2.77. The molecule has 0 spiro atoms. The van der Waals surface area contributed by atoms with Gasteiger partial charge in [-0.05, 0) is 53.1 Å². The highest BCUT2D eigenvalue weighted by molar-refractivity contribution is 5.83. The largest absolute Gasteiger partial charge is 0.481 e. The Bertz CT molecular complexity index is 1080. The Morgan fingerprint density at radius 3 is 2.67 bits per heavy atom. The lowest BCUT2D eigenvalue weighted by Gasteiger charge is -2.26. The smallest absolute Gasteiger partial charge is 0.416 e. The lowest BCUT2D eigenvalue weighted by atomic mass is 9.97. The summed E-state index contributed by atoms with van der Waals surface area (Å²) in [5.74, 6) is 0.604. The van der Waals surface area contributed by atoms with Crippen molar-refractivity contribution in [3.8, 4) is 5.88 Å². The van der Waals surface area contributed by atoms with Crippen molar-refractivity contribution in [2.45, 2.75) is 19.0 Å². The van der Waals surface area contributed by atoms with Crippen molar-refractivity contribution in [2.75, 3.05) is 26.7 Å². The molecule has 0 unspecified atom stereocenters. The Morgan fingerprint density at radius 2 is 1.93 bits per heavy atom. The lowest BCUT2D eigenvalue weighted by molar-refractivity contribution is -0.137. The van der Waals surface area contributed by atoms with Crippen LogP contribution in [-0.4, -0.2) is 36.6 Å². The van der Waals surface area contributed by atoms with E-state index in [2.05, 4.69) is 34.2 Å². The SMILES string of the molecule is COc1cc2ccc(CCN3CC=C(c4cccc(C(F)(F)F)c4)CC3)cc2cn1. The number of ether oxygens (including phenoxy) is 1. The topological polar surface area (TPSA) is 25.4 Å². The highest BCUT2D eigenvalue weighted by Gasteiger charge is 2.30. The molecule has 0 amide bonds. The van der Waals surface area contributed by atoms with Gasteiger partial charge in [0, 0.05) is 37.3 Å². The molecule has 1 aliphatic rings. The monoisotopic (exact) mass is 412 g/mol. The van der Waals surface area contributed by atoms with Crippen molar-refractivity contribution in [1.82, 2.24) is 9.88 Å². The highest BCUT2D eigenvalue weighted by Crippen LogP contribution is 2.32. The number of pyridine rings is 1. The van der Waals surface area contributed by atoms with E-state index in [4.69, 9.17) is 4.74 Å². The number of nitrogens with zero attached hydrogens (tertiary/aromatic N) is 2. The molecule has 0 saturated carbocycles. The Kier molecular flexibility index (Phi) is 5.77. The van der Waals surface area contributed by atoms with Gasteiger partial charge in [0.2, 0.25) is 5.88 Å². The summed E-state index contributed by atoms with van der Waals surface area (Å²) >= 11 is 0. The van der Waals surface area contributed by atoms with Crippen molar-refractivity contribution in [2.24, 2.45) is 0 Å². The van der Waals surface area contributed by atoms with Crippen LogP contribution in [0.15, 0.2) is 60.8 Å². The number of rotatable bonds is 5. The summed E-state index contributed by atoms with van der Waals surface area (Å²) in [7, 11) is 1.61. The molecule has 0 N–H and O–H groups in total. The van der Waals surface area contributed by atoms with Crippen LogP contribution in [-0.2, 0) is 12.6 Å². The minimum absolute atomic E-state index is 0.591. The number of hydrogen-bond acceptors (Lipinski definition) is 3. The predicted octanol–water partition coefficient (Wildman–Crippen LogP) is 5.59. The van der Waals surface area contributed by atoms with Crippen LogP contribution < -0.4 is 4.74 Å². The van der Waals surface area contributed by atoms with Gasteiger partial charge in [0.15, 0.2) is 0 Å². The van der Waals surface area contributed by atoms with Gasteiger partial charge in [0.25, 0.3) is 0 Å². The summed E-state index contributed by atoms with van der Waals surface area (Å²) in [6.07, 6.45) is 1.23. The van der Waals surface area contributed by atoms with Gasteiger partial charge in [-0.3, -0.25) is 4.90 Å². The second-order valence-electron chi connectivity index (χ2n) is 7.52. The van der Waals surface area contributed by atoms with Gasteiger partial charge in [-0.15, -0.1) is 0 Å². The zero-order valence-corrected chi connectivity index (χ0v) is 16.7. The van der Waals surface area contributed by atoms with Crippen molar-refractivity contribution >= 4 is 16.3 Å². The molecule has 30 heavy (non-hydrogen) atoms. The van der Waals surface area contributed by atoms with Gasteiger partial charge in [-0.1, -0.05) is 30.3 Å². The average molecular weight is 412 g/mol. The highest BCUT2D eigenvalue weighted by atomic mass is 19.4. The normalized spacial score (nSPS) is 15.3. The van der Waals surface area contributed by atoms with Gasteiger partial charge in [0.05, 0.1) is 12.7 Å². The van der Waals surface area contributed by atoms with E-state index < -0.39 is 11.7 Å². The Labute approximate surface area is 173 Å². The van der Waals surface area contributed by atoms with E-state index in [9.17, 15) is 13.2 Å². The van der Waals surface area contributed by atoms with Crippen molar-refractivity contribution in [3.63, 3.8) is 0 Å². The van der Waals surface area contributed by atoms with Crippen LogP contribution in [0.1, 0.15) is 23.1 Å². The molecular formula is C24H23F3N2O. The molecule has 2 heterocycles. The van der Waals surface area contributed by atoms with Crippen LogP contribution in [0.4, 0.5) is 13.2 Å². The van der Waals surface area contributed by atoms with E-state index in [1.807, 2.05) is 12.3 Å². The summed E-state index contributed by atoms with van der Waals surface area (Å²) < 4.78 is 44.0. The van der Waals surface area contributed by atoms with Crippen LogP contribution in [0, 0.1) is 0 Å². The van der Waals surface area contributed by atoms with Gasteiger partial charge in [-0.25, -0.2) is 4.98 Å². The van der Waals surface area contributed by atoms with Crippen LogP contribution in [0.2, 0.25) is 0 Å². The van der Waals surface area contributed by atoms with Gasteiger partial charge >= 0.3 is 6.18 Å². The van der Waals surface area contributed by atoms with Crippen LogP contribution >= 0.6 is 0 Å². The molecule has 1 aliphatic heterocycles. The number of fused-ring (bicyclic) bond motifs is 1. The first-order valence-corrected chi connectivity index (χ1v) is 9.94. The summed E-state index contributed by atoms with van der Waals surface area (Å²) in [5.41, 5.74) is 2.30. The Hall–Kier alpha value is -2.86. The molecule has 0 fully saturated rings. The third-order valence-electron chi connectivity index (χ3n) is 5.54. The van der Waals surface area contributed by atoms with E-state index in [1.54, 1.807) is 13.2 Å². The standard InChI is InChI=1S/C24H23F3N2O/c1-30-23-15-20-6-5-17(13-21(20)16-28-23)7-10-29-11-8-18(9-12-29)19-3-2-4-22(14-19)24(25,26)27/h2-6,8,13-16H,7,9-12H2,1H3. The second-order valence-corrected chi connectivity index (χ2v) is 7.52. The molecule has 1 aromatic heterocycles. The van der Waals surface area contributed by atoms with E-state index in [0.717, 1.165) is 54.9 Å². The molecule has 0 bridgehead atoms. The Balaban J connectivity index is 1.38. The first-order chi connectivity index (χ1) is 14.4. The zero-order valence-electron chi connectivity index (χ0n) is 16.7. The summed E-state index contributed by atoms with van der Waals surface area (Å²) in [4.78, 5) is 6.59. The number of alkyl halides is 3. The number of benzene rings is 2. The third-order valence-corrected chi connectivity index (χ3v) is 5.54. The Morgan fingerprint density at radius 1 is 1.07 bits per heavy atom. The quantitative estimate of drug-likeness (QED) is 0.546. The van der Waals surface area contributed by atoms with Gasteiger partial charge in [0.1, 0.15) is 0 Å². The number of methoxy groups -OCH3 is 1. The van der Waals surface area contributed by atoms with E-state index >= 15 is 0 Å². The zero-order chi connectivity index (χ0) is 21.1. The fourth-order valence-electron chi connectivity index (χ4n) is 3.80. The fourth-order valence-corrected chi connectivity index (χ4v) is 3.80. The third kappa shape index (κ3) is 4.65. The van der Waals surface area contributed by atoms with E-state index in [0.29, 0.717) is 11.4 Å². The maximum Gasteiger partial charge on any atom is 0.416 e. The molecule has 4 rings (SSSR count). The molecule has 3 aromatic rings. The number of halogens is 3. The second kappa shape index (κ2) is 8.48. The molecule has 6 heteroatoms. The predicted molar refractivity (Wildman–Crippen MR) is 112 cm³/mol. The number of hydrogen-bond donors (Lipinski definition) is 0. The van der Waals surface area contributed by atoms with Crippen LogP contribution in [0.5, 0.6) is 5.88 Å². The lowest BCUT2D eigenvalue weighted by Crippen LogP contribution is -2.30. The molecule has 0 radical (unpaired) electrons. The fraction of sp³-hybridized carbons (Fsp3) is 0.292. The molecule has 2 aromatic carbocycles. The first-order valence-electron chi connectivity index (χ1n) is 9.94. The van der Waals surface area contributed by atoms with E-state index in [-0.39, 0.29) is 0 Å². The summed E-state index contributed by atoms with van der Waals surface area (Å²) in [6.45, 7) is 2.49. The van der Waals surface area contributed by atoms with Crippen LogP contribution in [0.3, 0.4) is 0 Å². The minimum atomic E-state index is -4.31. The summed E-state index contributed by atoms with van der Waals surface area (Å²) in [5, 5.41) is 2.18. The molecule has 0 saturated heterocycles. The maximum atomic E-state index is 13.0. The van der Waals surface area contributed by atoms with Gasteiger partial charge < -0.3 is 4.74 Å². The van der Waals surface area contributed by atoms with E-state index in [1.165, 1.54) is 17.7 Å². The van der Waals surface area contributed by atoms with Crippen molar-refractivity contribution < 1.29 is 17.9 Å². The van der Waals surface area contributed by atoms with Crippen molar-refractivity contribution in [3.05, 3.63) is 77.5 Å². The molecule has 3 nitrogen and oxygen atoms in total. The maximum absolute atomic E-state index is 13.0. The first kappa shape index (κ1) is 20.4. The molecule has 0 atom stereocenters. The summed E-state index contributed by atoms with van der Waals surface area (Å²) in [6, 6.07) is 13.9. The minimum Gasteiger partial charge on any atom is -0.481 e. The number of aromatic nitrogens is 1.